The molecule has 1 saturated heterocycles. The average Bonchev–Trinajstić information content (AvgIpc) is 3.18. The van der Waals surface area contributed by atoms with E-state index < -0.39 is 0 Å². The molecule has 1 aliphatic heterocycles. The van der Waals surface area contributed by atoms with Crippen LogP contribution in [0.1, 0.15) is 0 Å². The molecule has 0 unspecified atom stereocenters. The van der Waals surface area contributed by atoms with E-state index in [1.165, 1.54) is 11.3 Å². The fourth-order valence-electron chi connectivity index (χ4n) is 3.80. The maximum atomic E-state index is 9.92. The summed E-state index contributed by atoms with van der Waals surface area (Å²) in [5.74, 6) is 2.65. The standard InChI is InChI=1S/C26H25NO5S/c28-19-3-1-18(2-4-19)26-25(23-10-5-20(29)17-24(23)33-26)32-22-8-6-21(7-9-22)31-16-13-27-11-14-30-15-12-27/h1-10,17,28-29H,11-16H2. The molecule has 33 heavy (non-hydrogen) atoms. The summed E-state index contributed by atoms with van der Waals surface area (Å²) in [7, 11) is 0. The van der Waals surface area contributed by atoms with Crippen molar-refractivity contribution in [3.63, 3.8) is 0 Å². The van der Waals surface area contributed by atoms with Gasteiger partial charge < -0.3 is 24.4 Å². The summed E-state index contributed by atoms with van der Waals surface area (Å²) in [5, 5.41) is 20.5. The van der Waals surface area contributed by atoms with Crippen LogP contribution < -0.4 is 9.47 Å². The van der Waals surface area contributed by atoms with Gasteiger partial charge in [0.25, 0.3) is 0 Å². The molecule has 2 N–H and O–H groups in total. The van der Waals surface area contributed by atoms with Gasteiger partial charge in [-0.05, 0) is 72.3 Å². The van der Waals surface area contributed by atoms with E-state index >= 15 is 0 Å². The molecule has 7 heteroatoms. The summed E-state index contributed by atoms with van der Waals surface area (Å²) >= 11 is 1.54. The van der Waals surface area contributed by atoms with Crippen LogP contribution in [0.5, 0.6) is 28.7 Å². The Labute approximate surface area is 196 Å². The number of phenolic OH excluding ortho intramolecular Hbond substituents is 2. The van der Waals surface area contributed by atoms with E-state index in [9.17, 15) is 10.2 Å². The summed E-state index contributed by atoms with van der Waals surface area (Å²) in [5.41, 5.74) is 0.937. The molecule has 170 valence electrons. The molecule has 1 fully saturated rings. The van der Waals surface area contributed by atoms with Crippen molar-refractivity contribution in [3.05, 3.63) is 66.7 Å². The van der Waals surface area contributed by atoms with Gasteiger partial charge in [-0.25, -0.2) is 0 Å². The fraction of sp³-hybridized carbons (Fsp3) is 0.231. The van der Waals surface area contributed by atoms with Crippen LogP contribution in [0.15, 0.2) is 66.7 Å². The second-order valence-corrected chi connectivity index (χ2v) is 8.92. The van der Waals surface area contributed by atoms with Crippen molar-refractivity contribution in [1.29, 1.82) is 0 Å². The summed E-state index contributed by atoms with van der Waals surface area (Å²) in [6, 6.07) is 19.9. The first kappa shape index (κ1) is 21.6. The number of phenols is 2. The number of hydrogen-bond acceptors (Lipinski definition) is 7. The van der Waals surface area contributed by atoms with Crippen molar-refractivity contribution in [1.82, 2.24) is 4.90 Å². The lowest BCUT2D eigenvalue weighted by atomic mass is 10.1. The van der Waals surface area contributed by atoms with Gasteiger partial charge in [-0.15, -0.1) is 11.3 Å². The maximum Gasteiger partial charge on any atom is 0.153 e. The molecule has 6 nitrogen and oxygen atoms in total. The largest absolute Gasteiger partial charge is 0.508 e. The van der Waals surface area contributed by atoms with E-state index in [4.69, 9.17) is 14.2 Å². The van der Waals surface area contributed by atoms with Crippen LogP contribution in [0.4, 0.5) is 0 Å². The molecule has 0 spiro atoms. The van der Waals surface area contributed by atoms with Crippen LogP contribution in [-0.2, 0) is 4.74 Å². The minimum atomic E-state index is 0.212. The maximum absolute atomic E-state index is 9.92. The molecular weight excluding hydrogens is 438 g/mol. The van der Waals surface area contributed by atoms with E-state index in [0.717, 1.165) is 64.9 Å². The number of hydrogen-bond donors (Lipinski definition) is 2. The third-order valence-electron chi connectivity index (χ3n) is 5.58. The van der Waals surface area contributed by atoms with E-state index in [1.807, 2.05) is 42.5 Å². The Kier molecular flexibility index (Phi) is 6.35. The van der Waals surface area contributed by atoms with Crippen LogP contribution in [0.3, 0.4) is 0 Å². The van der Waals surface area contributed by atoms with Crippen LogP contribution in [0, 0.1) is 0 Å². The highest BCUT2D eigenvalue weighted by molar-refractivity contribution is 7.22. The van der Waals surface area contributed by atoms with Gasteiger partial charge in [0.2, 0.25) is 0 Å². The highest BCUT2D eigenvalue weighted by atomic mass is 32.1. The van der Waals surface area contributed by atoms with Gasteiger partial charge in [0.1, 0.15) is 29.6 Å². The average molecular weight is 464 g/mol. The Bertz CT molecular complexity index is 1210. The van der Waals surface area contributed by atoms with Crippen molar-refractivity contribution >= 4 is 21.4 Å². The zero-order chi connectivity index (χ0) is 22.6. The molecule has 4 aromatic rings. The molecule has 0 bridgehead atoms. The second-order valence-electron chi connectivity index (χ2n) is 7.86. The SMILES string of the molecule is Oc1ccc(-c2sc3cc(O)ccc3c2Oc2ccc(OCCN3CCOCC3)cc2)cc1. The van der Waals surface area contributed by atoms with E-state index in [0.29, 0.717) is 12.4 Å². The first-order valence-corrected chi connectivity index (χ1v) is 11.7. The van der Waals surface area contributed by atoms with E-state index in [2.05, 4.69) is 4.90 Å². The molecule has 1 aromatic heterocycles. The monoisotopic (exact) mass is 463 g/mol. The molecule has 0 amide bonds. The third-order valence-corrected chi connectivity index (χ3v) is 6.76. The lowest BCUT2D eigenvalue weighted by Gasteiger charge is -2.26. The van der Waals surface area contributed by atoms with E-state index in [1.54, 1.807) is 24.3 Å². The normalized spacial score (nSPS) is 14.4. The molecule has 5 rings (SSSR count). The zero-order valence-electron chi connectivity index (χ0n) is 18.1. The van der Waals surface area contributed by atoms with Crippen molar-refractivity contribution in [3.8, 4) is 39.2 Å². The van der Waals surface area contributed by atoms with Crippen molar-refractivity contribution in [2.45, 2.75) is 0 Å². The molecule has 0 radical (unpaired) electrons. The fourth-order valence-corrected chi connectivity index (χ4v) is 4.97. The number of rotatable bonds is 7. The topological polar surface area (TPSA) is 71.4 Å². The summed E-state index contributed by atoms with van der Waals surface area (Å²) in [4.78, 5) is 3.27. The molecule has 1 aliphatic rings. The van der Waals surface area contributed by atoms with Gasteiger partial charge in [-0.3, -0.25) is 4.90 Å². The Balaban J connectivity index is 1.33. The van der Waals surface area contributed by atoms with Gasteiger partial charge in [-0.1, -0.05) is 0 Å². The molecule has 0 aliphatic carbocycles. The zero-order valence-corrected chi connectivity index (χ0v) is 18.9. The first-order valence-electron chi connectivity index (χ1n) is 10.9. The number of morpholine rings is 1. The molecule has 2 heterocycles. The number of thiophene rings is 1. The number of fused-ring (bicyclic) bond motifs is 1. The lowest BCUT2D eigenvalue weighted by Crippen LogP contribution is -2.38. The van der Waals surface area contributed by atoms with Crippen molar-refractivity contribution < 1.29 is 24.4 Å². The number of nitrogens with zero attached hydrogens (tertiary/aromatic N) is 1. The van der Waals surface area contributed by atoms with Crippen LogP contribution in [0.25, 0.3) is 20.5 Å². The molecule has 0 saturated carbocycles. The third kappa shape index (κ3) is 5.06. The van der Waals surface area contributed by atoms with Crippen LogP contribution in [0.2, 0.25) is 0 Å². The molecule has 0 atom stereocenters. The predicted molar refractivity (Wildman–Crippen MR) is 130 cm³/mol. The van der Waals surface area contributed by atoms with Crippen molar-refractivity contribution in [2.24, 2.45) is 0 Å². The summed E-state index contributed by atoms with van der Waals surface area (Å²) in [6.07, 6.45) is 0. The minimum absolute atomic E-state index is 0.212. The minimum Gasteiger partial charge on any atom is -0.508 e. The Hall–Kier alpha value is -3.26. The quantitative estimate of drug-likeness (QED) is 0.378. The Morgan fingerprint density at radius 3 is 2.30 bits per heavy atom. The van der Waals surface area contributed by atoms with Gasteiger partial charge in [0.05, 0.1) is 18.1 Å². The second kappa shape index (κ2) is 9.70. The van der Waals surface area contributed by atoms with Crippen LogP contribution >= 0.6 is 11.3 Å². The summed E-state index contributed by atoms with van der Waals surface area (Å²) in [6.45, 7) is 4.98. The Morgan fingerprint density at radius 2 is 1.55 bits per heavy atom. The smallest absolute Gasteiger partial charge is 0.153 e. The highest BCUT2D eigenvalue weighted by Gasteiger charge is 2.17. The Morgan fingerprint density at radius 1 is 0.848 bits per heavy atom. The number of benzene rings is 3. The number of aromatic hydroxyl groups is 2. The highest BCUT2D eigenvalue weighted by Crippen LogP contribution is 2.47. The van der Waals surface area contributed by atoms with Crippen molar-refractivity contribution in [2.75, 3.05) is 39.5 Å². The van der Waals surface area contributed by atoms with Crippen LogP contribution in [-0.4, -0.2) is 54.6 Å². The molecule has 3 aromatic carbocycles. The van der Waals surface area contributed by atoms with Gasteiger partial charge >= 0.3 is 0 Å². The van der Waals surface area contributed by atoms with Gasteiger partial charge in [0, 0.05) is 29.7 Å². The van der Waals surface area contributed by atoms with Gasteiger partial charge in [-0.2, -0.15) is 0 Å². The lowest BCUT2D eigenvalue weighted by molar-refractivity contribution is 0.0322. The van der Waals surface area contributed by atoms with E-state index in [-0.39, 0.29) is 11.5 Å². The summed E-state index contributed by atoms with van der Waals surface area (Å²) < 4.78 is 18.5. The first-order chi connectivity index (χ1) is 16.2. The number of ether oxygens (including phenoxy) is 3. The molecular formula is C26H25NO5S. The predicted octanol–water partition coefficient (Wildman–Crippen LogP) is 5.48. The van der Waals surface area contributed by atoms with Gasteiger partial charge in [0.15, 0.2) is 5.75 Å².